The summed E-state index contributed by atoms with van der Waals surface area (Å²) in [6.45, 7) is 8.50. The first-order valence-electron chi connectivity index (χ1n) is 9.87. The third-order valence-corrected chi connectivity index (χ3v) is 8.05. The fraction of sp³-hybridized carbons (Fsp3) is 0.333. The first kappa shape index (κ1) is 32.6. The molecule has 0 radical (unpaired) electrons. The van der Waals surface area contributed by atoms with Gasteiger partial charge in [-0.1, -0.05) is 52.0 Å². The molecule has 0 heterocycles. The van der Waals surface area contributed by atoms with Crippen molar-refractivity contribution >= 4 is 83.8 Å². The molecule has 0 saturated heterocycles. The van der Waals surface area contributed by atoms with Crippen LogP contribution in [-0.2, 0) is 67.0 Å². The van der Waals surface area contributed by atoms with Gasteiger partial charge < -0.3 is 60.0 Å². The largest absolute Gasteiger partial charge is 0.781 e. The van der Waals surface area contributed by atoms with Crippen LogP contribution in [0.4, 0.5) is 0 Å². The van der Waals surface area contributed by atoms with Gasteiger partial charge in [0.15, 0.2) is 0 Å². The Bertz CT molecular complexity index is 821. The van der Waals surface area contributed by atoms with Crippen molar-refractivity contribution in [3.8, 4) is 11.5 Å². The first-order valence-corrected chi connectivity index (χ1v) is 13.3. The van der Waals surface area contributed by atoms with Gasteiger partial charge in [-0.15, -0.1) is 0 Å². The predicted molar refractivity (Wildman–Crippen MR) is 155 cm³/mol. The van der Waals surface area contributed by atoms with Gasteiger partial charge in [0, 0.05) is 27.0 Å². The van der Waals surface area contributed by atoms with Gasteiger partial charge in [-0.3, -0.25) is 0 Å². The van der Waals surface area contributed by atoms with E-state index in [1.807, 2.05) is 48.5 Å². The maximum Gasteiger partial charge on any atom is 0.118 e. The second-order valence-electron chi connectivity index (χ2n) is 7.02. The minimum Gasteiger partial charge on any atom is -0.781 e. The maximum absolute atomic E-state index is 5.45. The van der Waals surface area contributed by atoms with Crippen molar-refractivity contribution in [2.45, 2.75) is 38.2 Å². The van der Waals surface area contributed by atoms with Gasteiger partial charge in [-0.05, 0) is 35.4 Å². The molecule has 0 aromatic heterocycles. The van der Waals surface area contributed by atoms with Crippen LogP contribution >= 0.6 is 23.5 Å². The molecule has 0 aliphatic heterocycles. The fourth-order valence-corrected chi connectivity index (χ4v) is 5.56. The van der Waals surface area contributed by atoms with E-state index in [1.54, 1.807) is 37.7 Å². The number of methoxy groups -OCH3 is 2. The van der Waals surface area contributed by atoms with Crippen LogP contribution in [0.5, 0.6) is 11.5 Å². The molecule has 0 spiro atoms. The zero-order chi connectivity index (χ0) is 24.3. The molecule has 2 rings (SSSR count). The van der Waals surface area contributed by atoms with Crippen molar-refractivity contribution in [2.75, 3.05) is 14.2 Å². The molecule has 0 N–H and O–H groups in total. The van der Waals surface area contributed by atoms with Gasteiger partial charge in [0.2, 0.25) is 0 Å². The molecule has 0 bridgehead atoms. The van der Waals surface area contributed by atoms with Crippen LogP contribution in [-0.4, -0.2) is 24.7 Å². The van der Waals surface area contributed by atoms with Crippen LogP contribution in [0.2, 0.25) is 0 Å². The summed E-state index contributed by atoms with van der Waals surface area (Å²) < 4.78 is 12.0. The third-order valence-electron chi connectivity index (χ3n) is 3.76. The molecular weight excluding hydrogens is 571 g/mol. The molecule has 2 nitrogen and oxygen atoms in total. The standard InChI is InChI=1S/C16H16O2S2.C8H16S4.Ni/c1-17-13-7-3-11(4-8-13)15(19)16(20)12-5-9-14(18-2)10-6-12;1-5(2)11-7(9)8(10)12-6(3)4;/h3-10,19-20H,1-2H3;5-6,9-10H,1-4H3;/p-4/b16-15-;8-7-;. The van der Waals surface area contributed by atoms with Gasteiger partial charge in [-0.2, -0.15) is 41.8 Å². The van der Waals surface area contributed by atoms with Gasteiger partial charge in [-0.25, -0.2) is 0 Å². The van der Waals surface area contributed by atoms with Crippen molar-refractivity contribution in [1.29, 1.82) is 0 Å². The van der Waals surface area contributed by atoms with Crippen molar-refractivity contribution in [3.63, 3.8) is 0 Å². The molecule has 9 heteroatoms. The normalized spacial score (nSPS) is 12.1. The zero-order valence-electron chi connectivity index (χ0n) is 19.4. The van der Waals surface area contributed by atoms with Crippen LogP contribution in [0.1, 0.15) is 38.8 Å². The number of thioether (sulfide) groups is 2. The number of hydrogen-bond donors (Lipinski definition) is 0. The molecule has 0 atom stereocenters. The number of hydrogen-bond acceptors (Lipinski definition) is 8. The van der Waals surface area contributed by atoms with E-state index < -0.39 is 0 Å². The summed E-state index contributed by atoms with van der Waals surface area (Å²) in [4.78, 5) is 1.32. The molecule has 0 aliphatic carbocycles. The summed E-state index contributed by atoms with van der Waals surface area (Å²) in [5, 5.41) is 1.06. The Hall–Kier alpha value is -0.406. The Labute approximate surface area is 240 Å². The van der Waals surface area contributed by atoms with E-state index in [0.29, 0.717) is 20.3 Å². The summed E-state index contributed by atoms with van der Waals surface area (Å²) in [7, 11) is 3.27. The average Bonchev–Trinajstić information content (AvgIpc) is 2.77. The average molecular weight is 600 g/mol. The fourth-order valence-electron chi connectivity index (χ4n) is 2.27. The molecule has 2 aromatic rings. The van der Waals surface area contributed by atoms with E-state index in [1.165, 1.54) is 0 Å². The van der Waals surface area contributed by atoms with E-state index >= 15 is 0 Å². The van der Waals surface area contributed by atoms with Crippen LogP contribution < -0.4 is 9.47 Å². The smallest absolute Gasteiger partial charge is 0.118 e. The van der Waals surface area contributed by atoms with Crippen LogP contribution in [0.3, 0.4) is 0 Å². The Morgan fingerprint density at radius 2 is 0.879 bits per heavy atom. The minimum absolute atomic E-state index is 0. The Morgan fingerprint density at radius 3 is 1.09 bits per heavy atom. The quantitative estimate of drug-likeness (QED) is 0.179. The van der Waals surface area contributed by atoms with Crippen molar-refractivity contribution < 1.29 is 26.0 Å². The number of benzene rings is 2. The molecule has 186 valence electrons. The second-order valence-corrected chi connectivity index (χ2v) is 12.3. The number of rotatable bonds is 8. The third kappa shape index (κ3) is 12.2. The number of ether oxygens (including phenoxy) is 2. The molecular formula is C24H28NiO2S6-4. The SMILES string of the molecule is CC(C)S/C([S-])=C(/[S-])SC(C)C.COc1ccc(/C([S-])=C(/[S-])c2ccc(OC)cc2)cc1.[Ni]. The molecule has 2 aromatic carbocycles. The molecule has 0 saturated carbocycles. The van der Waals surface area contributed by atoms with Crippen LogP contribution in [0.15, 0.2) is 57.0 Å². The van der Waals surface area contributed by atoms with Gasteiger partial charge in [0.05, 0.1) is 14.2 Å². The second kappa shape index (κ2) is 17.1. The summed E-state index contributed by atoms with van der Waals surface area (Å²) >= 11 is 24.6. The molecule has 0 fully saturated rings. The van der Waals surface area contributed by atoms with Crippen LogP contribution in [0.25, 0.3) is 9.81 Å². The van der Waals surface area contributed by atoms with E-state index in [-0.39, 0.29) is 16.5 Å². The molecule has 0 aliphatic rings. The minimum atomic E-state index is 0. The van der Waals surface area contributed by atoms with E-state index in [0.717, 1.165) is 31.1 Å². The van der Waals surface area contributed by atoms with Crippen molar-refractivity contribution in [3.05, 3.63) is 68.1 Å². The Balaban J connectivity index is 0.000000685. The predicted octanol–water partition coefficient (Wildman–Crippen LogP) is 7.11. The maximum atomic E-state index is 5.45. The van der Waals surface area contributed by atoms with Crippen LogP contribution in [0, 0.1) is 0 Å². The summed E-state index contributed by atoms with van der Waals surface area (Å²) in [5.74, 6) is 1.60. The molecule has 33 heavy (non-hydrogen) atoms. The van der Waals surface area contributed by atoms with Gasteiger partial charge in [0.25, 0.3) is 0 Å². The van der Waals surface area contributed by atoms with E-state index in [9.17, 15) is 0 Å². The summed E-state index contributed by atoms with van der Waals surface area (Å²) in [6.07, 6.45) is 0. The zero-order valence-corrected chi connectivity index (χ0v) is 25.2. The van der Waals surface area contributed by atoms with Gasteiger partial charge in [0.1, 0.15) is 11.5 Å². The van der Waals surface area contributed by atoms with Gasteiger partial charge >= 0.3 is 0 Å². The molecule has 0 unspecified atom stereocenters. The summed E-state index contributed by atoms with van der Waals surface area (Å²) in [5.41, 5.74) is 1.84. The Kier molecular flexibility index (Phi) is 16.9. The first-order chi connectivity index (χ1) is 15.1. The molecule has 0 amide bonds. The Morgan fingerprint density at radius 1 is 0.606 bits per heavy atom. The van der Waals surface area contributed by atoms with Crippen molar-refractivity contribution in [2.24, 2.45) is 0 Å². The van der Waals surface area contributed by atoms with E-state index in [4.69, 9.17) is 60.0 Å². The summed E-state index contributed by atoms with van der Waals surface area (Å²) in [6, 6.07) is 15.1. The van der Waals surface area contributed by atoms with Crippen molar-refractivity contribution in [1.82, 2.24) is 0 Å². The van der Waals surface area contributed by atoms with E-state index in [2.05, 4.69) is 27.7 Å². The topological polar surface area (TPSA) is 18.5 Å². The monoisotopic (exact) mass is 598 g/mol.